The number of nitrogens with one attached hydrogen (secondary N) is 1. The molecule has 0 spiro atoms. The third-order valence-electron chi connectivity index (χ3n) is 5.45. The van der Waals surface area contributed by atoms with Gasteiger partial charge in [0, 0.05) is 25.7 Å². The van der Waals surface area contributed by atoms with Gasteiger partial charge in [0.1, 0.15) is 5.82 Å². The average Bonchev–Trinajstić information content (AvgIpc) is 3.35. The molecule has 2 aromatic heterocycles. The van der Waals surface area contributed by atoms with Gasteiger partial charge in [-0.25, -0.2) is 4.68 Å². The first-order chi connectivity index (χ1) is 12.8. The van der Waals surface area contributed by atoms with Crippen molar-refractivity contribution in [2.45, 2.75) is 38.1 Å². The highest BCUT2D eigenvalue weighted by molar-refractivity contribution is 7.12. The number of hydrogen-bond donors (Lipinski definition) is 1. The number of allylic oxidation sites excluding steroid dienone is 2. The molecule has 1 amide bonds. The number of amides is 1. The molecule has 6 heteroatoms. The van der Waals surface area contributed by atoms with Crippen molar-refractivity contribution in [3.05, 3.63) is 46.8 Å². The third-order valence-corrected chi connectivity index (χ3v) is 6.32. The summed E-state index contributed by atoms with van der Waals surface area (Å²) in [7, 11) is 0. The summed E-state index contributed by atoms with van der Waals surface area (Å²) in [5.74, 6) is 1.57. The fraction of sp³-hybridized carbons (Fsp3) is 0.500. The minimum absolute atomic E-state index is 0.0514. The number of aromatic nitrogens is 2. The van der Waals surface area contributed by atoms with E-state index in [-0.39, 0.29) is 5.91 Å². The van der Waals surface area contributed by atoms with Gasteiger partial charge in [-0.15, -0.1) is 11.3 Å². The van der Waals surface area contributed by atoms with E-state index in [0.29, 0.717) is 6.04 Å². The van der Waals surface area contributed by atoms with Gasteiger partial charge in [-0.3, -0.25) is 4.79 Å². The number of nitrogens with zero attached hydrogens (tertiary/aromatic N) is 3. The van der Waals surface area contributed by atoms with Crippen LogP contribution in [0.4, 0.5) is 5.82 Å². The van der Waals surface area contributed by atoms with E-state index in [1.54, 1.807) is 6.20 Å². The van der Waals surface area contributed by atoms with Crippen molar-refractivity contribution in [1.29, 1.82) is 0 Å². The molecule has 138 valence electrons. The molecule has 26 heavy (non-hydrogen) atoms. The maximum absolute atomic E-state index is 12.3. The maximum atomic E-state index is 12.3. The highest BCUT2D eigenvalue weighted by Crippen LogP contribution is 2.28. The summed E-state index contributed by atoms with van der Waals surface area (Å²) in [5, 5.41) is 9.43. The molecule has 1 saturated heterocycles. The van der Waals surface area contributed by atoms with E-state index in [0.717, 1.165) is 42.5 Å². The van der Waals surface area contributed by atoms with Crippen LogP contribution in [0.3, 0.4) is 0 Å². The van der Waals surface area contributed by atoms with E-state index in [4.69, 9.17) is 0 Å². The van der Waals surface area contributed by atoms with E-state index in [2.05, 4.69) is 27.5 Å². The summed E-state index contributed by atoms with van der Waals surface area (Å²) < 4.78 is 2.01. The molecule has 3 heterocycles. The van der Waals surface area contributed by atoms with Crippen LogP contribution >= 0.6 is 11.3 Å². The summed E-state index contributed by atoms with van der Waals surface area (Å²) in [5.41, 5.74) is 0. The Balaban J connectivity index is 1.32. The van der Waals surface area contributed by atoms with Crippen LogP contribution in [0, 0.1) is 5.92 Å². The smallest absolute Gasteiger partial charge is 0.266 e. The topological polar surface area (TPSA) is 50.2 Å². The second-order valence-corrected chi connectivity index (χ2v) is 8.22. The zero-order valence-electron chi connectivity index (χ0n) is 15.0. The molecule has 0 bridgehead atoms. The van der Waals surface area contributed by atoms with Gasteiger partial charge in [-0.05, 0) is 49.5 Å². The Morgan fingerprint density at radius 1 is 1.23 bits per heavy atom. The van der Waals surface area contributed by atoms with E-state index in [9.17, 15) is 4.79 Å². The van der Waals surface area contributed by atoms with Crippen LogP contribution in [0.1, 0.15) is 47.8 Å². The Morgan fingerprint density at radius 2 is 2.12 bits per heavy atom. The zero-order chi connectivity index (χ0) is 17.8. The second kappa shape index (κ2) is 8.18. The second-order valence-electron chi connectivity index (χ2n) is 7.27. The molecule has 0 aromatic carbocycles. The predicted molar refractivity (Wildman–Crippen MR) is 106 cm³/mol. The Kier molecular flexibility index (Phi) is 5.51. The lowest BCUT2D eigenvalue weighted by Gasteiger charge is -2.35. The lowest BCUT2D eigenvalue weighted by atomic mass is 9.93. The summed E-state index contributed by atoms with van der Waals surface area (Å²) >= 11 is 1.46. The van der Waals surface area contributed by atoms with Crippen molar-refractivity contribution >= 4 is 23.1 Å². The molecule has 0 radical (unpaired) electrons. The normalized spacial score (nSPS) is 21.8. The van der Waals surface area contributed by atoms with E-state index in [1.807, 2.05) is 28.3 Å². The number of anilines is 1. The van der Waals surface area contributed by atoms with Crippen LogP contribution < -0.4 is 5.32 Å². The quantitative estimate of drug-likeness (QED) is 0.803. The van der Waals surface area contributed by atoms with Crippen molar-refractivity contribution < 1.29 is 4.79 Å². The van der Waals surface area contributed by atoms with E-state index >= 15 is 0 Å². The molecule has 1 aliphatic carbocycles. The Morgan fingerprint density at radius 3 is 2.85 bits per heavy atom. The van der Waals surface area contributed by atoms with Gasteiger partial charge < -0.3 is 10.2 Å². The summed E-state index contributed by atoms with van der Waals surface area (Å²) in [6, 6.07) is 6.01. The number of piperidine rings is 1. The number of rotatable bonds is 5. The Bertz CT molecular complexity index is 744. The third kappa shape index (κ3) is 4.07. The predicted octanol–water partition coefficient (Wildman–Crippen LogP) is 4.19. The van der Waals surface area contributed by atoms with Crippen LogP contribution in [0.5, 0.6) is 0 Å². The fourth-order valence-electron chi connectivity index (χ4n) is 4.02. The van der Waals surface area contributed by atoms with Crippen LogP contribution in [-0.4, -0.2) is 40.2 Å². The monoisotopic (exact) mass is 370 g/mol. The lowest BCUT2D eigenvalue weighted by Crippen LogP contribution is -2.38. The van der Waals surface area contributed by atoms with Crippen molar-refractivity contribution in [3.63, 3.8) is 0 Å². The molecule has 1 aliphatic heterocycles. The van der Waals surface area contributed by atoms with E-state index < -0.39 is 0 Å². The molecule has 2 aromatic rings. The van der Waals surface area contributed by atoms with Crippen LogP contribution in [-0.2, 0) is 0 Å². The summed E-state index contributed by atoms with van der Waals surface area (Å²) in [4.78, 5) is 15.7. The molecular weight excluding hydrogens is 344 g/mol. The number of likely N-dealkylation sites (tertiary alicyclic amines) is 1. The molecule has 4 rings (SSSR count). The molecule has 1 unspecified atom stereocenters. The fourth-order valence-corrected chi connectivity index (χ4v) is 4.64. The highest BCUT2D eigenvalue weighted by atomic mass is 32.1. The first-order valence-corrected chi connectivity index (χ1v) is 10.4. The molecule has 2 aliphatic rings. The average molecular weight is 371 g/mol. The minimum Gasteiger partial charge on any atom is -0.306 e. The molecule has 1 N–H and O–H groups in total. The maximum Gasteiger partial charge on any atom is 0.266 e. The number of carbonyl (C=O) groups is 1. The van der Waals surface area contributed by atoms with Gasteiger partial charge in [-0.2, -0.15) is 5.10 Å². The largest absolute Gasteiger partial charge is 0.306 e. The van der Waals surface area contributed by atoms with E-state index in [1.165, 1.54) is 37.1 Å². The SMILES string of the molecule is O=C(Nc1ccnn1C1CCN(CC2CC=CCC2)CC1)c1cccs1. The summed E-state index contributed by atoms with van der Waals surface area (Å²) in [6.45, 7) is 3.45. The van der Waals surface area contributed by atoms with Crippen LogP contribution in [0.15, 0.2) is 41.9 Å². The summed E-state index contributed by atoms with van der Waals surface area (Å²) in [6.07, 6.45) is 12.4. The first-order valence-electron chi connectivity index (χ1n) is 9.55. The Hall–Kier alpha value is -1.92. The van der Waals surface area contributed by atoms with Crippen molar-refractivity contribution in [1.82, 2.24) is 14.7 Å². The molecular formula is C20H26N4OS. The van der Waals surface area contributed by atoms with Gasteiger partial charge in [-0.1, -0.05) is 18.2 Å². The van der Waals surface area contributed by atoms with Crippen molar-refractivity contribution in [2.24, 2.45) is 5.92 Å². The number of thiophene rings is 1. The van der Waals surface area contributed by atoms with Crippen molar-refractivity contribution in [3.8, 4) is 0 Å². The van der Waals surface area contributed by atoms with Gasteiger partial charge in [0.15, 0.2) is 0 Å². The molecule has 0 saturated carbocycles. The number of hydrogen-bond acceptors (Lipinski definition) is 4. The molecule has 1 fully saturated rings. The van der Waals surface area contributed by atoms with Gasteiger partial charge in [0.25, 0.3) is 5.91 Å². The highest BCUT2D eigenvalue weighted by Gasteiger charge is 2.25. The molecule has 5 nitrogen and oxygen atoms in total. The van der Waals surface area contributed by atoms with Crippen LogP contribution in [0.25, 0.3) is 0 Å². The minimum atomic E-state index is -0.0514. The zero-order valence-corrected chi connectivity index (χ0v) is 15.8. The standard InChI is InChI=1S/C20H26N4OS/c25-20(18-7-4-14-26-18)22-19-8-11-21-24(19)17-9-12-23(13-10-17)15-16-5-2-1-3-6-16/h1-2,4,7-8,11,14,16-17H,3,5-6,9-10,12-13,15H2,(H,22,25). The lowest BCUT2D eigenvalue weighted by molar-refractivity contribution is 0.102. The van der Waals surface area contributed by atoms with Gasteiger partial charge >= 0.3 is 0 Å². The Labute approximate surface area is 158 Å². The first kappa shape index (κ1) is 17.5. The van der Waals surface area contributed by atoms with Gasteiger partial charge in [0.05, 0.1) is 17.1 Å². The van der Waals surface area contributed by atoms with Crippen LogP contribution in [0.2, 0.25) is 0 Å². The van der Waals surface area contributed by atoms with Gasteiger partial charge in [0.2, 0.25) is 0 Å². The van der Waals surface area contributed by atoms with Crippen molar-refractivity contribution in [2.75, 3.05) is 25.0 Å². The molecule has 1 atom stereocenters. The number of carbonyl (C=O) groups excluding carboxylic acids is 1.